The Labute approximate surface area is 163 Å². The van der Waals surface area contributed by atoms with Crippen LogP contribution in [0.3, 0.4) is 0 Å². The number of nitrogens with zero attached hydrogens (tertiary/aromatic N) is 5. The van der Waals surface area contributed by atoms with E-state index in [1.165, 1.54) is 0 Å². The maximum Gasteiger partial charge on any atom is 0.225 e. The number of aromatic nitrogens is 3. The van der Waals surface area contributed by atoms with Crippen LogP contribution in [0.25, 0.3) is 5.13 Å². The Morgan fingerprint density at radius 2 is 1.74 bits per heavy atom. The van der Waals surface area contributed by atoms with Crippen LogP contribution in [0, 0.1) is 5.92 Å². The van der Waals surface area contributed by atoms with Crippen molar-refractivity contribution in [1.29, 1.82) is 0 Å². The molecule has 0 aliphatic carbocycles. The lowest BCUT2D eigenvalue weighted by molar-refractivity contribution is -0.135. The van der Waals surface area contributed by atoms with Gasteiger partial charge in [-0.25, -0.2) is 0 Å². The number of hydrogen-bond acceptors (Lipinski definition) is 5. The number of piperidine rings is 1. The first-order chi connectivity index (χ1) is 13.2. The van der Waals surface area contributed by atoms with Crippen LogP contribution < -0.4 is 4.90 Å². The molecule has 4 rings (SSSR count). The van der Waals surface area contributed by atoms with Crippen molar-refractivity contribution in [3.63, 3.8) is 0 Å². The number of amides is 1. The van der Waals surface area contributed by atoms with Gasteiger partial charge in [0.15, 0.2) is 0 Å². The van der Waals surface area contributed by atoms with Gasteiger partial charge in [-0.15, -0.1) is 10.2 Å². The number of carbonyl (C=O) groups excluding carboxylic acids is 1. The van der Waals surface area contributed by atoms with Crippen LogP contribution in [0.1, 0.15) is 18.4 Å². The molecular formula is C20H23N5OS. The van der Waals surface area contributed by atoms with Crippen LogP contribution in [-0.2, 0) is 11.3 Å². The maximum absolute atomic E-state index is 12.8. The SMILES string of the molecule is CN(Cc1ccccc1)C(=O)C1CCN(c2nnc(-n3cccc3)s2)CC1. The molecule has 1 amide bonds. The van der Waals surface area contributed by atoms with E-state index in [1.54, 1.807) is 11.3 Å². The summed E-state index contributed by atoms with van der Waals surface area (Å²) in [6.07, 6.45) is 5.66. The molecule has 3 heterocycles. The first kappa shape index (κ1) is 17.7. The molecule has 0 saturated carbocycles. The van der Waals surface area contributed by atoms with Crippen molar-refractivity contribution in [1.82, 2.24) is 19.7 Å². The van der Waals surface area contributed by atoms with Gasteiger partial charge in [0.05, 0.1) is 0 Å². The van der Waals surface area contributed by atoms with Gasteiger partial charge in [-0.2, -0.15) is 0 Å². The normalized spacial score (nSPS) is 15.1. The Hall–Kier alpha value is -2.67. The van der Waals surface area contributed by atoms with Crippen molar-refractivity contribution in [3.8, 4) is 5.13 Å². The largest absolute Gasteiger partial charge is 0.347 e. The Morgan fingerprint density at radius 3 is 2.44 bits per heavy atom. The predicted molar refractivity (Wildman–Crippen MR) is 107 cm³/mol. The summed E-state index contributed by atoms with van der Waals surface area (Å²) in [5.74, 6) is 0.329. The molecule has 0 bridgehead atoms. The first-order valence-electron chi connectivity index (χ1n) is 9.21. The number of anilines is 1. The zero-order valence-corrected chi connectivity index (χ0v) is 16.2. The Morgan fingerprint density at radius 1 is 1.07 bits per heavy atom. The lowest BCUT2D eigenvalue weighted by Gasteiger charge is -2.32. The summed E-state index contributed by atoms with van der Waals surface area (Å²) in [7, 11) is 1.90. The smallest absolute Gasteiger partial charge is 0.225 e. The second-order valence-electron chi connectivity index (χ2n) is 6.90. The van der Waals surface area contributed by atoms with Crippen LogP contribution in [-0.4, -0.2) is 45.7 Å². The molecule has 1 aliphatic heterocycles. The minimum Gasteiger partial charge on any atom is -0.347 e. The molecule has 3 aromatic rings. The third-order valence-corrected chi connectivity index (χ3v) is 5.98. The van der Waals surface area contributed by atoms with E-state index in [2.05, 4.69) is 27.2 Å². The van der Waals surface area contributed by atoms with E-state index in [4.69, 9.17) is 0 Å². The summed E-state index contributed by atoms with van der Waals surface area (Å²) in [6, 6.07) is 14.1. The molecule has 1 fully saturated rings. The van der Waals surface area contributed by atoms with Crippen molar-refractivity contribution in [3.05, 3.63) is 60.4 Å². The van der Waals surface area contributed by atoms with Gasteiger partial charge in [-0.05, 0) is 30.5 Å². The quantitative estimate of drug-likeness (QED) is 0.681. The molecule has 6 nitrogen and oxygen atoms in total. The van der Waals surface area contributed by atoms with E-state index in [9.17, 15) is 4.79 Å². The van der Waals surface area contributed by atoms with Gasteiger partial charge in [0.2, 0.25) is 16.2 Å². The fourth-order valence-electron chi connectivity index (χ4n) is 3.47. The van der Waals surface area contributed by atoms with Crippen molar-refractivity contribution < 1.29 is 4.79 Å². The summed E-state index contributed by atoms with van der Waals surface area (Å²) in [6.45, 7) is 2.35. The van der Waals surface area contributed by atoms with E-state index in [0.717, 1.165) is 41.8 Å². The molecule has 1 aliphatic rings. The molecule has 1 saturated heterocycles. The Balaban J connectivity index is 1.32. The highest BCUT2D eigenvalue weighted by molar-refractivity contribution is 7.17. The molecule has 0 unspecified atom stereocenters. The molecule has 140 valence electrons. The van der Waals surface area contributed by atoms with Crippen molar-refractivity contribution >= 4 is 22.4 Å². The van der Waals surface area contributed by atoms with Crippen LogP contribution in [0.5, 0.6) is 0 Å². The van der Waals surface area contributed by atoms with Crippen LogP contribution in [0.4, 0.5) is 5.13 Å². The lowest BCUT2D eigenvalue weighted by atomic mass is 9.95. The summed E-state index contributed by atoms with van der Waals surface area (Å²) in [4.78, 5) is 16.9. The minimum atomic E-state index is 0.0896. The zero-order valence-electron chi connectivity index (χ0n) is 15.4. The maximum atomic E-state index is 12.8. The van der Waals surface area contributed by atoms with Gasteiger partial charge in [-0.1, -0.05) is 41.7 Å². The highest BCUT2D eigenvalue weighted by atomic mass is 32.1. The van der Waals surface area contributed by atoms with Gasteiger partial charge in [-0.3, -0.25) is 9.36 Å². The molecule has 27 heavy (non-hydrogen) atoms. The van der Waals surface area contributed by atoms with E-state index < -0.39 is 0 Å². The second-order valence-corrected chi connectivity index (χ2v) is 7.83. The molecule has 0 N–H and O–H groups in total. The van der Waals surface area contributed by atoms with Gasteiger partial charge in [0.1, 0.15) is 0 Å². The fourth-order valence-corrected chi connectivity index (χ4v) is 4.33. The fraction of sp³-hybridized carbons (Fsp3) is 0.350. The summed E-state index contributed by atoms with van der Waals surface area (Å²) < 4.78 is 1.97. The molecule has 0 atom stereocenters. The highest BCUT2D eigenvalue weighted by Gasteiger charge is 2.28. The van der Waals surface area contributed by atoms with Crippen LogP contribution in [0.2, 0.25) is 0 Å². The third-order valence-electron chi connectivity index (χ3n) is 4.98. The molecular weight excluding hydrogens is 358 g/mol. The van der Waals surface area contributed by atoms with Crippen LogP contribution in [0.15, 0.2) is 54.9 Å². The standard InChI is InChI=1S/C20H23N5OS/c1-23(15-16-7-3-2-4-8-16)18(26)17-9-13-25(14-10-17)20-22-21-19(27-20)24-11-5-6-12-24/h2-8,11-12,17H,9-10,13-15H2,1H3. The highest BCUT2D eigenvalue weighted by Crippen LogP contribution is 2.28. The van der Waals surface area contributed by atoms with Crippen LogP contribution >= 0.6 is 11.3 Å². The van der Waals surface area contributed by atoms with Gasteiger partial charge in [0, 0.05) is 45.0 Å². The third kappa shape index (κ3) is 4.03. The number of rotatable bonds is 5. The topological polar surface area (TPSA) is 54.3 Å². The van der Waals surface area contributed by atoms with Gasteiger partial charge in [0.25, 0.3) is 0 Å². The summed E-state index contributed by atoms with van der Waals surface area (Å²) >= 11 is 1.59. The molecule has 1 aromatic carbocycles. The van der Waals surface area contributed by atoms with Gasteiger partial charge >= 0.3 is 0 Å². The summed E-state index contributed by atoms with van der Waals surface area (Å²) in [5, 5.41) is 10.4. The second kappa shape index (κ2) is 7.92. The van der Waals surface area contributed by atoms with Crippen molar-refractivity contribution in [2.24, 2.45) is 5.92 Å². The monoisotopic (exact) mass is 381 g/mol. The molecule has 2 aromatic heterocycles. The van der Waals surface area contributed by atoms with Gasteiger partial charge < -0.3 is 9.80 Å². The lowest BCUT2D eigenvalue weighted by Crippen LogP contribution is -2.41. The first-order valence-corrected chi connectivity index (χ1v) is 10.0. The van der Waals surface area contributed by atoms with Crippen molar-refractivity contribution in [2.45, 2.75) is 19.4 Å². The average Bonchev–Trinajstić information content (AvgIpc) is 3.40. The van der Waals surface area contributed by atoms with Crippen molar-refractivity contribution in [2.75, 3.05) is 25.0 Å². The molecule has 0 spiro atoms. The van der Waals surface area contributed by atoms with E-state index in [0.29, 0.717) is 6.54 Å². The summed E-state index contributed by atoms with van der Waals surface area (Å²) in [5.41, 5.74) is 1.16. The minimum absolute atomic E-state index is 0.0896. The molecule has 0 radical (unpaired) electrons. The predicted octanol–water partition coefficient (Wildman–Crippen LogP) is 3.20. The van der Waals surface area contributed by atoms with E-state index in [1.807, 2.05) is 59.2 Å². The number of hydrogen-bond donors (Lipinski definition) is 0. The average molecular weight is 382 g/mol. The number of benzene rings is 1. The number of carbonyl (C=O) groups is 1. The molecule has 7 heteroatoms. The van der Waals surface area contributed by atoms with E-state index >= 15 is 0 Å². The van der Waals surface area contributed by atoms with E-state index in [-0.39, 0.29) is 11.8 Å². The Kier molecular flexibility index (Phi) is 5.20. The zero-order chi connectivity index (χ0) is 18.6. The Bertz CT molecular complexity index is 869.